The number of carboxylic acids is 1. The zero-order valence-corrected chi connectivity index (χ0v) is 13.9. The number of hydrogen-bond donors (Lipinski definition) is 2. The molecule has 1 amide bonds. The number of benzene rings is 1. The Morgan fingerprint density at radius 3 is 2.50 bits per heavy atom. The molecule has 0 aliphatic heterocycles. The number of carbonyl (C=O) groups is 2. The van der Waals surface area contributed by atoms with Gasteiger partial charge in [0.1, 0.15) is 11.3 Å². The largest absolute Gasteiger partial charge is 0.497 e. The number of aryl methyl sites for hydroxylation is 1. The Morgan fingerprint density at radius 2 is 2.05 bits per heavy atom. The second kappa shape index (κ2) is 7.29. The lowest BCUT2D eigenvalue weighted by Crippen LogP contribution is -2.56. The van der Waals surface area contributed by atoms with Crippen molar-refractivity contribution in [1.82, 2.24) is 5.32 Å². The monoisotopic (exact) mass is 307 g/mol. The zero-order valence-electron chi connectivity index (χ0n) is 13.9. The molecule has 22 heavy (non-hydrogen) atoms. The quantitative estimate of drug-likeness (QED) is 0.811. The maximum absolute atomic E-state index is 12.3. The number of amides is 1. The van der Waals surface area contributed by atoms with Crippen LogP contribution in [0, 0.1) is 12.8 Å². The van der Waals surface area contributed by atoms with Gasteiger partial charge >= 0.3 is 5.97 Å². The van der Waals surface area contributed by atoms with Crippen molar-refractivity contribution in [1.29, 1.82) is 0 Å². The van der Waals surface area contributed by atoms with Gasteiger partial charge in [0.2, 0.25) is 5.91 Å². The molecule has 5 heteroatoms. The lowest BCUT2D eigenvalue weighted by atomic mass is 9.85. The van der Waals surface area contributed by atoms with E-state index >= 15 is 0 Å². The van der Waals surface area contributed by atoms with Crippen LogP contribution >= 0.6 is 0 Å². The van der Waals surface area contributed by atoms with E-state index in [4.69, 9.17) is 4.74 Å². The summed E-state index contributed by atoms with van der Waals surface area (Å²) < 4.78 is 5.13. The van der Waals surface area contributed by atoms with Crippen LogP contribution in [0.3, 0.4) is 0 Å². The van der Waals surface area contributed by atoms with E-state index in [-0.39, 0.29) is 18.2 Å². The van der Waals surface area contributed by atoms with E-state index in [1.807, 2.05) is 32.9 Å². The summed E-state index contributed by atoms with van der Waals surface area (Å²) in [5, 5.41) is 12.1. The lowest BCUT2D eigenvalue weighted by Gasteiger charge is -2.32. The van der Waals surface area contributed by atoms with Crippen LogP contribution < -0.4 is 10.1 Å². The van der Waals surface area contributed by atoms with Crippen LogP contribution in [-0.2, 0) is 16.0 Å². The van der Waals surface area contributed by atoms with Gasteiger partial charge in [-0.25, -0.2) is 4.79 Å². The second-order valence-electron chi connectivity index (χ2n) is 5.83. The normalized spacial score (nSPS) is 14.8. The molecular weight excluding hydrogens is 282 g/mol. The Hall–Kier alpha value is -2.04. The van der Waals surface area contributed by atoms with Gasteiger partial charge in [0.25, 0.3) is 0 Å². The minimum Gasteiger partial charge on any atom is -0.497 e. The predicted molar refractivity (Wildman–Crippen MR) is 85.1 cm³/mol. The smallest absolute Gasteiger partial charge is 0.329 e. The average Bonchev–Trinajstić information content (AvgIpc) is 2.47. The fourth-order valence-corrected chi connectivity index (χ4v) is 2.30. The van der Waals surface area contributed by atoms with E-state index in [1.54, 1.807) is 20.1 Å². The Morgan fingerprint density at radius 1 is 1.41 bits per heavy atom. The Kier molecular flexibility index (Phi) is 5.97. The third-order valence-corrected chi connectivity index (χ3v) is 4.34. The number of methoxy groups -OCH3 is 1. The lowest BCUT2D eigenvalue weighted by molar-refractivity contribution is -0.149. The molecule has 1 rings (SSSR count). The highest BCUT2D eigenvalue weighted by atomic mass is 16.5. The second-order valence-corrected chi connectivity index (χ2v) is 5.83. The van der Waals surface area contributed by atoms with Gasteiger partial charge in [0.05, 0.1) is 13.5 Å². The van der Waals surface area contributed by atoms with Gasteiger partial charge in [0.15, 0.2) is 0 Å². The molecule has 0 spiro atoms. The first-order valence-corrected chi connectivity index (χ1v) is 7.42. The summed E-state index contributed by atoms with van der Waals surface area (Å²) in [7, 11) is 1.59. The summed E-state index contributed by atoms with van der Waals surface area (Å²) in [4.78, 5) is 23.8. The van der Waals surface area contributed by atoms with Gasteiger partial charge in [-0.15, -0.1) is 0 Å². The van der Waals surface area contributed by atoms with Crippen molar-refractivity contribution in [3.05, 3.63) is 29.3 Å². The minimum atomic E-state index is -1.26. The van der Waals surface area contributed by atoms with Crippen LogP contribution in [0.1, 0.15) is 38.3 Å². The first-order valence-electron chi connectivity index (χ1n) is 7.42. The number of aliphatic carboxylic acids is 1. The van der Waals surface area contributed by atoms with E-state index in [0.717, 1.165) is 16.9 Å². The molecular formula is C17H25NO4. The van der Waals surface area contributed by atoms with Crippen molar-refractivity contribution in [3.63, 3.8) is 0 Å². The van der Waals surface area contributed by atoms with E-state index in [0.29, 0.717) is 6.42 Å². The number of hydrogen-bond acceptors (Lipinski definition) is 3. The standard InChI is InChI=1S/C17H25NO4/c1-6-12(3)17(4,16(20)21)18-15(19)10-13-7-8-14(22-5)9-11(13)2/h7-9,12H,6,10H2,1-5H3,(H,18,19)(H,20,21). The van der Waals surface area contributed by atoms with Gasteiger partial charge in [-0.2, -0.15) is 0 Å². The summed E-state index contributed by atoms with van der Waals surface area (Å²) in [6.45, 7) is 7.19. The first-order chi connectivity index (χ1) is 10.2. The number of ether oxygens (including phenoxy) is 1. The summed E-state index contributed by atoms with van der Waals surface area (Å²) in [5.74, 6) is -0.734. The van der Waals surface area contributed by atoms with Crippen molar-refractivity contribution in [3.8, 4) is 5.75 Å². The third kappa shape index (κ3) is 4.00. The molecule has 0 saturated carbocycles. The van der Waals surface area contributed by atoms with Crippen molar-refractivity contribution >= 4 is 11.9 Å². The van der Waals surface area contributed by atoms with Crippen molar-refractivity contribution in [2.75, 3.05) is 7.11 Å². The molecule has 5 nitrogen and oxygen atoms in total. The molecule has 0 heterocycles. The fraction of sp³-hybridized carbons (Fsp3) is 0.529. The molecule has 1 aromatic rings. The van der Waals surface area contributed by atoms with Crippen LogP contribution in [-0.4, -0.2) is 29.6 Å². The number of carbonyl (C=O) groups excluding carboxylic acids is 1. The topological polar surface area (TPSA) is 75.6 Å². The molecule has 0 aromatic heterocycles. The fourth-order valence-electron chi connectivity index (χ4n) is 2.30. The summed E-state index contributed by atoms with van der Waals surface area (Å²) in [6, 6.07) is 5.48. The van der Waals surface area contributed by atoms with E-state index in [1.165, 1.54) is 0 Å². The minimum absolute atomic E-state index is 0.148. The highest BCUT2D eigenvalue weighted by Crippen LogP contribution is 2.22. The van der Waals surface area contributed by atoms with Gasteiger partial charge in [-0.3, -0.25) is 4.79 Å². The molecule has 2 unspecified atom stereocenters. The van der Waals surface area contributed by atoms with Crippen LogP contribution in [0.15, 0.2) is 18.2 Å². The number of carboxylic acid groups (broad SMARTS) is 1. The zero-order chi connectivity index (χ0) is 16.9. The van der Waals surface area contributed by atoms with Crippen LogP contribution in [0.4, 0.5) is 0 Å². The average molecular weight is 307 g/mol. The van der Waals surface area contributed by atoms with Crippen LogP contribution in [0.2, 0.25) is 0 Å². The van der Waals surface area contributed by atoms with Crippen LogP contribution in [0.25, 0.3) is 0 Å². The van der Waals surface area contributed by atoms with Gasteiger partial charge in [0, 0.05) is 0 Å². The molecule has 2 atom stereocenters. The van der Waals surface area contributed by atoms with E-state index < -0.39 is 11.5 Å². The Labute approximate surface area is 131 Å². The number of nitrogens with one attached hydrogen (secondary N) is 1. The van der Waals surface area contributed by atoms with Gasteiger partial charge < -0.3 is 15.2 Å². The molecule has 2 N–H and O–H groups in total. The SMILES string of the molecule is CCC(C)C(C)(NC(=O)Cc1ccc(OC)cc1C)C(=O)O. The predicted octanol–water partition coefficient (Wildman–Crippen LogP) is 2.55. The van der Waals surface area contributed by atoms with Crippen molar-refractivity contribution in [2.24, 2.45) is 5.92 Å². The molecule has 0 fully saturated rings. The highest BCUT2D eigenvalue weighted by molar-refractivity contribution is 5.88. The van der Waals surface area contributed by atoms with Gasteiger partial charge in [-0.1, -0.05) is 26.3 Å². The third-order valence-electron chi connectivity index (χ3n) is 4.34. The van der Waals surface area contributed by atoms with Gasteiger partial charge in [-0.05, 0) is 43.0 Å². The molecule has 122 valence electrons. The highest BCUT2D eigenvalue weighted by Gasteiger charge is 2.39. The Bertz CT molecular complexity index is 556. The summed E-state index contributed by atoms with van der Waals surface area (Å²) in [5.41, 5.74) is 0.539. The maximum atomic E-state index is 12.3. The molecule has 0 bridgehead atoms. The van der Waals surface area contributed by atoms with Crippen molar-refractivity contribution < 1.29 is 19.4 Å². The maximum Gasteiger partial charge on any atom is 0.329 e. The summed E-state index contributed by atoms with van der Waals surface area (Å²) in [6.07, 6.45) is 0.819. The molecule has 0 aliphatic rings. The number of rotatable bonds is 7. The molecule has 0 saturated heterocycles. The molecule has 0 radical (unpaired) electrons. The van der Waals surface area contributed by atoms with E-state index in [2.05, 4.69) is 5.32 Å². The van der Waals surface area contributed by atoms with Crippen LogP contribution in [0.5, 0.6) is 5.75 Å². The van der Waals surface area contributed by atoms with Crippen molar-refractivity contribution in [2.45, 2.75) is 46.1 Å². The molecule has 0 aliphatic carbocycles. The molecule has 1 aromatic carbocycles. The summed E-state index contributed by atoms with van der Waals surface area (Å²) >= 11 is 0. The Balaban J connectivity index is 2.87. The first kappa shape index (κ1) is 18.0. The van der Waals surface area contributed by atoms with E-state index in [9.17, 15) is 14.7 Å².